The van der Waals surface area contributed by atoms with Crippen molar-refractivity contribution in [2.45, 2.75) is 19.2 Å². The molecule has 1 atom stereocenters. The summed E-state index contributed by atoms with van der Waals surface area (Å²) in [5, 5.41) is 4.08. The second-order valence-electron chi connectivity index (χ2n) is 7.80. The summed E-state index contributed by atoms with van der Waals surface area (Å²) in [6, 6.07) is 15.8. The van der Waals surface area contributed by atoms with E-state index in [1.807, 2.05) is 41.3 Å². The number of ether oxygens (including phenoxy) is 2. The summed E-state index contributed by atoms with van der Waals surface area (Å²) in [4.78, 5) is 21.4. The molecule has 31 heavy (non-hydrogen) atoms. The van der Waals surface area contributed by atoms with E-state index < -0.39 is 6.10 Å². The van der Waals surface area contributed by atoms with E-state index >= 15 is 0 Å². The maximum Gasteiger partial charge on any atom is 0.257 e. The van der Waals surface area contributed by atoms with Gasteiger partial charge in [-0.05, 0) is 23.3 Å². The van der Waals surface area contributed by atoms with Crippen molar-refractivity contribution in [3.05, 3.63) is 65.5 Å². The van der Waals surface area contributed by atoms with E-state index in [0.717, 1.165) is 24.4 Å². The highest BCUT2D eigenvalue weighted by Gasteiger charge is 2.31. The van der Waals surface area contributed by atoms with E-state index in [1.165, 1.54) is 11.1 Å². The zero-order chi connectivity index (χ0) is 21.2. The summed E-state index contributed by atoms with van der Waals surface area (Å²) < 4.78 is 16.5. The van der Waals surface area contributed by atoms with Gasteiger partial charge in [0.05, 0.1) is 26.8 Å². The smallest absolute Gasteiger partial charge is 0.257 e. The molecule has 8 heteroatoms. The van der Waals surface area contributed by atoms with Gasteiger partial charge in [0.2, 0.25) is 11.7 Å². The van der Waals surface area contributed by atoms with Gasteiger partial charge in [-0.3, -0.25) is 9.69 Å². The van der Waals surface area contributed by atoms with Crippen molar-refractivity contribution in [2.75, 3.05) is 33.4 Å². The average Bonchev–Trinajstić information content (AvgIpc) is 3.46. The Labute approximate surface area is 180 Å². The number of rotatable bonds is 5. The van der Waals surface area contributed by atoms with Gasteiger partial charge >= 0.3 is 0 Å². The zero-order valence-corrected chi connectivity index (χ0v) is 17.4. The molecule has 1 saturated heterocycles. The molecule has 2 aliphatic rings. The van der Waals surface area contributed by atoms with Crippen LogP contribution in [0.15, 0.2) is 53.1 Å². The molecule has 2 aliphatic heterocycles. The van der Waals surface area contributed by atoms with Crippen LogP contribution in [0.4, 0.5) is 0 Å². The lowest BCUT2D eigenvalue weighted by Crippen LogP contribution is -2.46. The van der Waals surface area contributed by atoms with Gasteiger partial charge in [0.1, 0.15) is 5.75 Å². The minimum atomic E-state index is -0.430. The third kappa shape index (κ3) is 4.17. The van der Waals surface area contributed by atoms with Crippen LogP contribution in [-0.4, -0.2) is 59.2 Å². The predicted octanol–water partition coefficient (Wildman–Crippen LogP) is 2.66. The van der Waals surface area contributed by atoms with Crippen LogP contribution >= 0.6 is 0 Å². The van der Waals surface area contributed by atoms with Crippen molar-refractivity contribution < 1.29 is 18.8 Å². The fraction of sp³-hybridized carbons (Fsp3) is 0.348. The third-order valence-corrected chi connectivity index (χ3v) is 5.73. The topological polar surface area (TPSA) is 80.9 Å². The minimum absolute atomic E-state index is 0.0913. The summed E-state index contributed by atoms with van der Waals surface area (Å²) >= 11 is 0. The number of hydrogen-bond donors (Lipinski definition) is 0. The fourth-order valence-corrected chi connectivity index (χ4v) is 4.08. The SMILES string of the molecule is COc1cccc(-c2noc([C@@H]3CN(C(=O)CN4Cc5ccccc5C4)CCO3)n2)c1. The number of aromatic nitrogens is 2. The molecule has 5 rings (SSSR count). The third-order valence-electron chi connectivity index (χ3n) is 5.73. The average molecular weight is 420 g/mol. The van der Waals surface area contributed by atoms with Crippen molar-refractivity contribution in [3.8, 4) is 17.1 Å². The molecule has 1 aromatic heterocycles. The number of benzene rings is 2. The van der Waals surface area contributed by atoms with Gasteiger partial charge in [0, 0.05) is 25.2 Å². The highest BCUT2D eigenvalue weighted by molar-refractivity contribution is 5.78. The molecule has 0 aliphatic carbocycles. The second-order valence-corrected chi connectivity index (χ2v) is 7.80. The molecule has 0 bridgehead atoms. The van der Waals surface area contributed by atoms with E-state index in [-0.39, 0.29) is 5.91 Å². The lowest BCUT2D eigenvalue weighted by Gasteiger charge is -2.32. The number of fused-ring (bicyclic) bond motifs is 1. The van der Waals surface area contributed by atoms with E-state index in [1.54, 1.807) is 7.11 Å². The molecule has 0 saturated carbocycles. The van der Waals surface area contributed by atoms with Crippen LogP contribution in [0.25, 0.3) is 11.4 Å². The molecule has 0 radical (unpaired) electrons. The maximum atomic E-state index is 12.9. The van der Waals surface area contributed by atoms with Crippen LogP contribution in [-0.2, 0) is 22.6 Å². The van der Waals surface area contributed by atoms with E-state index in [0.29, 0.717) is 38.0 Å². The zero-order valence-electron chi connectivity index (χ0n) is 17.4. The molecule has 0 unspecified atom stereocenters. The van der Waals surface area contributed by atoms with Gasteiger partial charge in [-0.15, -0.1) is 0 Å². The standard InChI is InChI=1S/C23H24N4O4/c1-29-19-8-4-7-16(11-19)22-24-23(31-25-22)20-14-27(9-10-30-20)21(28)15-26-12-17-5-2-3-6-18(17)13-26/h2-8,11,20H,9-10,12-15H2,1H3/t20-/m0/s1. The van der Waals surface area contributed by atoms with Crippen molar-refractivity contribution >= 4 is 5.91 Å². The first-order valence-electron chi connectivity index (χ1n) is 10.4. The summed E-state index contributed by atoms with van der Waals surface area (Å²) in [5.41, 5.74) is 3.39. The lowest BCUT2D eigenvalue weighted by atomic mass is 10.1. The molecule has 8 nitrogen and oxygen atoms in total. The van der Waals surface area contributed by atoms with Crippen LogP contribution in [0.2, 0.25) is 0 Å². The molecule has 3 heterocycles. The Bertz CT molecular complexity index is 1060. The Balaban J connectivity index is 1.22. The van der Waals surface area contributed by atoms with Gasteiger partial charge < -0.3 is 18.9 Å². The Morgan fingerprint density at radius 1 is 1.16 bits per heavy atom. The first-order chi connectivity index (χ1) is 15.2. The number of hydrogen-bond acceptors (Lipinski definition) is 7. The van der Waals surface area contributed by atoms with Crippen LogP contribution < -0.4 is 4.74 Å². The van der Waals surface area contributed by atoms with E-state index in [4.69, 9.17) is 14.0 Å². The molecule has 1 amide bonds. The summed E-state index contributed by atoms with van der Waals surface area (Å²) in [6.45, 7) is 3.41. The lowest BCUT2D eigenvalue weighted by molar-refractivity contribution is -0.141. The predicted molar refractivity (Wildman–Crippen MR) is 112 cm³/mol. The van der Waals surface area contributed by atoms with Crippen LogP contribution in [0.1, 0.15) is 23.1 Å². The van der Waals surface area contributed by atoms with Gasteiger partial charge in [0.25, 0.3) is 5.89 Å². The normalized spacial score (nSPS) is 18.7. The summed E-state index contributed by atoms with van der Waals surface area (Å²) in [6.07, 6.45) is -0.430. The molecule has 0 N–H and O–H groups in total. The molecule has 3 aromatic rings. The van der Waals surface area contributed by atoms with Gasteiger partial charge in [0.15, 0.2) is 6.10 Å². The highest BCUT2D eigenvalue weighted by atomic mass is 16.5. The first kappa shape index (κ1) is 19.7. The molecule has 160 valence electrons. The van der Waals surface area contributed by atoms with Crippen LogP contribution in [0, 0.1) is 0 Å². The minimum Gasteiger partial charge on any atom is -0.497 e. The fourth-order valence-electron chi connectivity index (χ4n) is 4.08. The molecular formula is C23H24N4O4. The summed E-state index contributed by atoms with van der Waals surface area (Å²) in [7, 11) is 1.61. The van der Waals surface area contributed by atoms with Gasteiger partial charge in [-0.2, -0.15) is 4.98 Å². The van der Waals surface area contributed by atoms with Crippen molar-refractivity contribution in [1.29, 1.82) is 0 Å². The van der Waals surface area contributed by atoms with Crippen LogP contribution in [0.3, 0.4) is 0 Å². The second kappa shape index (κ2) is 8.49. The number of nitrogens with zero attached hydrogens (tertiary/aromatic N) is 4. The van der Waals surface area contributed by atoms with Crippen LogP contribution in [0.5, 0.6) is 5.75 Å². The molecular weight excluding hydrogens is 396 g/mol. The highest BCUT2D eigenvalue weighted by Crippen LogP contribution is 2.27. The largest absolute Gasteiger partial charge is 0.497 e. The molecule has 2 aromatic carbocycles. The Hall–Kier alpha value is -3.23. The Morgan fingerprint density at radius 3 is 2.74 bits per heavy atom. The monoisotopic (exact) mass is 420 g/mol. The number of morpholine rings is 1. The number of carbonyl (C=O) groups is 1. The van der Waals surface area contributed by atoms with Crippen molar-refractivity contribution in [1.82, 2.24) is 19.9 Å². The van der Waals surface area contributed by atoms with E-state index in [9.17, 15) is 4.79 Å². The first-order valence-corrected chi connectivity index (χ1v) is 10.4. The molecule has 0 spiro atoms. The maximum absolute atomic E-state index is 12.9. The summed E-state index contributed by atoms with van der Waals surface area (Å²) in [5.74, 6) is 1.66. The van der Waals surface area contributed by atoms with Gasteiger partial charge in [-0.25, -0.2) is 0 Å². The number of carbonyl (C=O) groups excluding carboxylic acids is 1. The Kier molecular flexibility index (Phi) is 5.40. The number of amides is 1. The van der Waals surface area contributed by atoms with Gasteiger partial charge in [-0.1, -0.05) is 41.6 Å². The quantitative estimate of drug-likeness (QED) is 0.628. The Morgan fingerprint density at radius 2 is 1.97 bits per heavy atom. The number of methoxy groups -OCH3 is 1. The van der Waals surface area contributed by atoms with Crippen molar-refractivity contribution in [3.63, 3.8) is 0 Å². The molecule has 1 fully saturated rings. The van der Waals surface area contributed by atoms with Crippen molar-refractivity contribution in [2.24, 2.45) is 0 Å². The van der Waals surface area contributed by atoms with E-state index in [2.05, 4.69) is 27.2 Å².